The van der Waals surface area contributed by atoms with Gasteiger partial charge < -0.3 is 15.1 Å². The molecule has 0 spiro atoms. The highest BCUT2D eigenvalue weighted by atomic mass is 16.2. The highest BCUT2D eigenvalue weighted by Gasteiger charge is 2.17. The van der Waals surface area contributed by atoms with Crippen molar-refractivity contribution in [3.05, 3.63) is 12.7 Å². The lowest BCUT2D eigenvalue weighted by molar-refractivity contribution is 0.199. The molecule has 2 amide bonds. The molecule has 0 unspecified atom stereocenters. The predicted octanol–water partition coefficient (Wildman–Crippen LogP) is 0.910. The Hall–Kier alpha value is -1.03. The van der Waals surface area contributed by atoms with Gasteiger partial charge in [-0.25, -0.2) is 4.79 Å². The minimum Gasteiger partial charge on any atom is -0.335 e. The number of carbonyl (C=O) groups is 1. The highest BCUT2D eigenvalue weighted by molar-refractivity contribution is 5.74. The lowest BCUT2D eigenvalue weighted by Gasteiger charge is -2.21. The van der Waals surface area contributed by atoms with Crippen molar-refractivity contribution in [3.8, 4) is 0 Å². The predicted molar refractivity (Wildman–Crippen MR) is 61.9 cm³/mol. The lowest BCUT2D eigenvalue weighted by atomic mass is 10.4. The molecule has 1 fully saturated rings. The molecule has 4 nitrogen and oxygen atoms in total. The van der Waals surface area contributed by atoms with Crippen molar-refractivity contribution in [2.45, 2.75) is 13.3 Å². The van der Waals surface area contributed by atoms with Gasteiger partial charge in [0.15, 0.2) is 0 Å². The first-order valence-corrected chi connectivity index (χ1v) is 5.64. The highest BCUT2D eigenvalue weighted by Crippen LogP contribution is 2.02. The van der Waals surface area contributed by atoms with Crippen LogP contribution in [-0.2, 0) is 0 Å². The van der Waals surface area contributed by atoms with Crippen LogP contribution in [0.1, 0.15) is 13.3 Å². The molecule has 1 aliphatic heterocycles. The van der Waals surface area contributed by atoms with Gasteiger partial charge in [-0.3, -0.25) is 0 Å². The summed E-state index contributed by atoms with van der Waals surface area (Å²) < 4.78 is 0. The van der Waals surface area contributed by atoms with E-state index in [1.807, 2.05) is 4.90 Å². The fraction of sp³-hybridized carbons (Fsp3) is 0.727. The first-order chi connectivity index (χ1) is 7.27. The summed E-state index contributed by atoms with van der Waals surface area (Å²) in [6, 6.07) is 0.0350. The number of nitrogens with one attached hydrogen (secondary N) is 1. The molecule has 0 aliphatic carbocycles. The van der Waals surface area contributed by atoms with Gasteiger partial charge in [-0.15, -0.1) is 6.58 Å². The normalized spacial score (nSPS) is 18.3. The quantitative estimate of drug-likeness (QED) is 0.704. The second kappa shape index (κ2) is 6.45. The molecule has 0 bridgehead atoms. The Bertz CT molecular complexity index is 218. The minimum absolute atomic E-state index is 0.0350. The Morgan fingerprint density at radius 3 is 2.87 bits per heavy atom. The second-order valence-electron chi connectivity index (χ2n) is 3.75. The van der Waals surface area contributed by atoms with Crippen molar-refractivity contribution in [2.75, 3.05) is 39.3 Å². The van der Waals surface area contributed by atoms with Crippen molar-refractivity contribution in [3.63, 3.8) is 0 Å². The molecular formula is C11H21N3O. The van der Waals surface area contributed by atoms with Gasteiger partial charge >= 0.3 is 6.03 Å². The summed E-state index contributed by atoms with van der Waals surface area (Å²) >= 11 is 0. The third-order valence-corrected chi connectivity index (χ3v) is 2.72. The maximum Gasteiger partial charge on any atom is 0.317 e. The number of urea groups is 1. The van der Waals surface area contributed by atoms with Crippen molar-refractivity contribution >= 4 is 6.03 Å². The van der Waals surface area contributed by atoms with Gasteiger partial charge in [-0.05, 0) is 19.5 Å². The number of amides is 2. The molecule has 0 aromatic heterocycles. The molecule has 1 rings (SSSR count). The molecule has 0 aromatic rings. The Balaban J connectivity index is 2.35. The average Bonchev–Trinajstić information content (AvgIpc) is 2.50. The molecule has 86 valence electrons. The molecule has 0 saturated carbocycles. The van der Waals surface area contributed by atoms with E-state index in [9.17, 15) is 4.79 Å². The third-order valence-electron chi connectivity index (χ3n) is 2.72. The average molecular weight is 211 g/mol. The van der Waals surface area contributed by atoms with Crippen LogP contribution < -0.4 is 5.32 Å². The first-order valence-electron chi connectivity index (χ1n) is 5.64. The Labute approximate surface area is 91.9 Å². The molecule has 1 heterocycles. The summed E-state index contributed by atoms with van der Waals surface area (Å²) in [5.41, 5.74) is 0. The van der Waals surface area contributed by atoms with Crippen LogP contribution >= 0.6 is 0 Å². The summed E-state index contributed by atoms with van der Waals surface area (Å²) in [5.74, 6) is 0. The molecule has 0 atom stereocenters. The van der Waals surface area contributed by atoms with E-state index < -0.39 is 0 Å². The summed E-state index contributed by atoms with van der Waals surface area (Å²) in [6.45, 7) is 11.1. The zero-order valence-electron chi connectivity index (χ0n) is 9.54. The van der Waals surface area contributed by atoms with E-state index in [1.54, 1.807) is 6.08 Å². The summed E-state index contributed by atoms with van der Waals surface area (Å²) in [4.78, 5) is 15.9. The van der Waals surface area contributed by atoms with E-state index in [-0.39, 0.29) is 6.03 Å². The van der Waals surface area contributed by atoms with Crippen molar-refractivity contribution < 1.29 is 4.79 Å². The Morgan fingerprint density at radius 1 is 1.40 bits per heavy atom. The van der Waals surface area contributed by atoms with E-state index in [0.717, 1.165) is 39.1 Å². The SMILES string of the molecule is C=CCNC(=O)N1CCCN(CC)CC1. The molecule has 15 heavy (non-hydrogen) atoms. The molecule has 0 aromatic carbocycles. The van der Waals surface area contributed by atoms with Crippen LogP contribution in [-0.4, -0.2) is 55.1 Å². The van der Waals surface area contributed by atoms with Gasteiger partial charge in [0.2, 0.25) is 0 Å². The Morgan fingerprint density at radius 2 is 2.20 bits per heavy atom. The zero-order valence-corrected chi connectivity index (χ0v) is 9.54. The van der Waals surface area contributed by atoms with Gasteiger partial charge in [-0.1, -0.05) is 13.0 Å². The van der Waals surface area contributed by atoms with Crippen LogP contribution in [0.25, 0.3) is 0 Å². The van der Waals surface area contributed by atoms with E-state index in [4.69, 9.17) is 0 Å². The number of nitrogens with zero attached hydrogens (tertiary/aromatic N) is 2. The molecule has 4 heteroatoms. The monoisotopic (exact) mass is 211 g/mol. The lowest BCUT2D eigenvalue weighted by Crippen LogP contribution is -2.42. The fourth-order valence-corrected chi connectivity index (χ4v) is 1.76. The first kappa shape index (κ1) is 12.0. The number of carbonyl (C=O) groups excluding carboxylic acids is 1. The van der Waals surface area contributed by atoms with Crippen LogP contribution in [0.15, 0.2) is 12.7 Å². The largest absolute Gasteiger partial charge is 0.335 e. The van der Waals surface area contributed by atoms with Gasteiger partial charge in [-0.2, -0.15) is 0 Å². The number of hydrogen-bond acceptors (Lipinski definition) is 2. The maximum absolute atomic E-state index is 11.7. The molecular weight excluding hydrogens is 190 g/mol. The molecule has 0 radical (unpaired) electrons. The van der Waals surface area contributed by atoms with Crippen LogP contribution in [0.4, 0.5) is 4.79 Å². The van der Waals surface area contributed by atoms with E-state index in [0.29, 0.717) is 6.54 Å². The van der Waals surface area contributed by atoms with Crippen molar-refractivity contribution in [1.29, 1.82) is 0 Å². The van der Waals surface area contributed by atoms with Gasteiger partial charge in [0.1, 0.15) is 0 Å². The topological polar surface area (TPSA) is 35.6 Å². The number of likely N-dealkylation sites (N-methyl/N-ethyl adjacent to an activating group) is 1. The maximum atomic E-state index is 11.7. The second-order valence-corrected chi connectivity index (χ2v) is 3.75. The van der Waals surface area contributed by atoms with Crippen LogP contribution in [0, 0.1) is 0 Å². The summed E-state index contributed by atoms with van der Waals surface area (Å²) in [7, 11) is 0. The third kappa shape index (κ3) is 3.91. The van der Waals surface area contributed by atoms with Crippen LogP contribution in [0.2, 0.25) is 0 Å². The van der Waals surface area contributed by atoms with E-state index >= 15 is 0 Å². The van der Waals surface area contributed by atoms with E-state index in [2.05, 4.69) is 23.7 Å². The number of rotatable bonds is 3. The molecule has 1 saturated heterocycles. The number of hydrogen-bond donors (Lipinski definition) is 1. The summed E-state index contributed by atoms with van der Waals surface area (Å²) in [5, 5.41) is 2.81. The molecule has 1 N–H and O–H groups in total. The van der Waals surface area contributed by atoms with Gasteiger partial charge in [0.25, 0.3) is 0 Å². The molecule has 1 aliphatic rings. The van der Waals surface area contributed by atoms with Crippen LogP contribution in [0.3, 0.4) is 0 Å². The summed E-state index contributed by atoms with van der Waals surface area (Å²) in [6.07, 6.45) is 2.77. The fourth-order valence-electron chi connectivity index (χ4n) is 1.76. The standard InChI is InChI=1S/C11H21N3O/c1-3-6-12-11(15)14-8-5-7-13(4-2)9-10-14/h3H,1,4-10H2,2H3,(H,12,15). The van der Waals surface area contributed by atoms with E-state index in [1.165, 1.54) is 0 Å². The van der Waals surface area contributed by atoms with Gasteiger partial charge in [0.05, 0.1) is 0 Å². The van der Waals surface area contributed by atoms with Gasteiger partial charge in [0, 0.05) is 26.2 Å². The smallest absolute Gasteiger partial charge is 0.317 e. The van der Waals surface area contributed by atoms with Crippen molar-refractivity contribution in [2.24, 2.45) is 0 Å². The Kier molecular flexibility index (Phi) is 5.18. The van der Waals surface area contributed by atoms with Crippen LogP contribution in [0.5, 0.6) is 0 Å². The zero-order chi connectivity index (χ0) is 11.1. The minimum atomic E-state index is 0.0350. The van der Waals surface area contributed by atoms with Crippen molar-refractivity contribution in [1.82, 2.24) is 15.1 Å².